The minimum Gasteiger partial charge on any atom is -0.425 e. The quantitative estimate of drug-likeness (QED) is 0.825. The third-order valence-corrected chi connectivity index (χ3v) is 3.40. The molecule has 0 amide bonds. The summed E-state index contributed by atoms with van der Waals surface area (Å²) in [6.07, 6.45) is 4.34. The summed E-state index contributed by atoms with van der Waals surface area (Å²) in [5.41, 5.74) is 5.75. The van der Waals surface area contributed by atoms with Gasteiger partial charge in [-0.2, -0.15) is 0 Å². The number of nitrogens with zero attached hydrogens (tertiary/aromatic N) is 2. The SMILES string of the molecule is CC1(C)CCCC1c1nnc(CCN)o1. The largest absolute Gasteiger partial charge is 0.425 e. The van der Waals surface area contributed by atoms with Crippen molar-refractivity contribution in [3.05, 3.63) is 11.8 Å². The molecule has 0 aliphatic heterocycles. The van der Waals surface area contributed by atoms with E-state index in [9.17, 15) is 0 Å². The minimum absolute atomic E-state index is 0.298. The molecule has 4 heteroatoms. The van der Waals surface area contributed by atoms with Crippen molar-refractivity contribution in [2.24, 2.45) is 11.1 Å². The van der Waals surface area contributed by atoms with Gasteiger partial charge in [0.2, 0.25) is 11.8 Å². The van der Waals surface area contributed by atoms with Gasteiger partial charge in [0.15, 0.2) is 0 Å². The van der Waals surface area contributed by atoms with E-state index in [0.717, 1.165) is 12.3 Å². The monoisotopic (exact) mass is 209 g/mol. The predicted octanol–water partition coefficient (Wildman–Crippen LogP) is 1.86. The highest BCUT2D eigenvalue weighted by atomic mass is 16.4. The molecule has 2 rings (SSSR count). The predicted molar refractivity (Wildman–Crippen MR) is 57.4 cm³/mol. The lowest BCUT2D eigenvalue weighted by Gasteiger charge is -2.23. The summed E-state index contributed by atoms with van der Waals surface area (Å²) >= 11 is 0. The van der Waals surface area contributed by atoms with Crippen molar-refractivity contribution in [3.8, 4) is 0 Å². The molecule has 1 atom stereocenters. The molecular weight excluding hydrogens is 190 g/mol. The Bertz CT molecular complexity index is 332. The smallest absolute Gasteiger partial charge is 0.220 e. The standard InChI is InChI=1S/C11H19N3O/c1-11(2)6-3-4-8(11)10-14-13-9(15-10)5-7-12/h8H,3-7,12H2,1-2H3. The van der Waals surface area contributed by atoms with Crippen molar-refractivity contribution in [3.63, 3.8) is 0 Å². The fourth-order valence-corrected chi connectivity index (χ4v) is 2.42. The number of nitrogens with two attached hydrogens (primary N) is 1. The number of hydrogen-bond acceptors (Lipinski definition) is 4. The summed E-state index contributed by atoms with van der Waals surface area (Å²) in [6, 6.07) is 0. The van der Waals surface area contributed by atoms with Crippen LogP contribution in [-0.2, 0) is 6.42 Å². The van der Waals surface area contributed by atoms with Gasteiger partial charge in [-0.1, -0.05) is 20.3 Å². The Morgan fingerprint density at radius 3 is 2.87 bits per heavy atom. The minimum atomic E-state index is 0.298. The van der Waals surface area contributed by atoms with Crippen molar-refractivity contribution >= 4 is 0 Å². The van der Waals surface area contributed by atoms with E-state index in [1.165, 1.54) is 12.8 Å². The number of aromatic nitrogens is 2. The van der Waals surface area contributed by atoms with Crippen LogP contribution in [-0.4, -0.2) is 16.7 Å². The maximum Gasteiger partial charge on any atom is 0.220 e. The number of rotatable bonds is 3. The summed E-state index contributed by atoms with van der Waals surface area (Å²) in [4.78, 5) is 0. The van der Waals surface area contributed by atoms with Crippen molar-refractivity contribution in [1.29, 1.82) is 0 Å². The average molecular weight is 209 g/mol. The summed E-state index contributed by atoms with van der Waals surface area (Å²) in [6.45, 7) is 5.12. The highest BCUT2D eigenvalue weighted by Crippen LogP contribution is 2.48. The molecule has 4 nitrogen and oxygen atoms in total. The molecule has 2 N–H and O–H groups in total. The fourth-order valence-electron chi connectivity index (χ4n) is 2.42. The van der Waals surface area contributed by atoms with Crippen LogP contribution in [0.2, 0.25) is 0 Å². The van der Waals surface area contributed by atoms with E-state index in [2.05, 4.69) is 24.0 Å². The van der Waals surface area contributed by atoms with Crippen LogP contribution in [0.5, 0.6) is 0 Å². The molecule has 1 fully saturated rings. The normalized spacial score (nSPS) is 24.6. The van der Waals surface area contributed by atoms with Crippen LogP contribution < -0.4 is 5.73 Å². The van der Waals surface area contributed by atoms with E-state index in [-0.39, 0.29) is 0 Å². The molecule has 1 aliphatic rings. The van der Waals surface area contributed by atoms with Gasteiger partial charge in [0.05, 0.1) is 0 Å². The summed E-state index contributed by atoms with van der Waals surface area (Å²) in [5, 5.41) is 8.16. The van der Waals surface area contributed by atoms with Crippen LogP contribution in [0, 0.1) is 5.41 Å². The first kappa shape index (κ1) is 10.6. The van der Waals surface area contributed by atoms with Gasteiger partial charge in [0.25, 0.3) is 0 Å². The Morgan fingerprint density at radius 1 is 1.47 bits per heavy atom. The molecule has 0 saturated heterocycles. The van der Waals surface area contributed by atoms with Crippen LogP contribution in [0.25, 0.3) is 0 Å². The highest BCUT2D eigenvalue weighted by Gasteiger charge is 2.38. The molecule has 15 heavy (non-hydrogen) atoms. The summed E-state index contributed by atoms with van der Waals surface area (Å²) in [7, 11) is 0. The van der Waals surface area contributed by atoms with Crippen LogP contribution in [0.4, 0.5) is 0 Å². The van der Waals surface area contributed by atoms with Crippen LogP contribution in [0.1, 0.15) is 50.8 Å². The van der Waals surface area contributed by atoms with E-state index in [0.29, 0.717) is 30.2 Å². The van der Waals surface area contributed by atoms with Gasteiger partial charge in [-0.15, -0.1) is 10.2 Å². The molecule has 1 aliphatic carbocycles. The average Bonchev–Trinajstić information content (AvgIpc) is 2.72. The van der Waals surface area contributed by atoms with Gasteiger partial charge in [-0.25, -0.2) is 0 Å². The zero-order chi connectivity index (χ0) is 10.9. The van der Waals surface area contributed by atoms with Crippen molar-refractivity contribution in [2.45, 2.75) is 45.4 Å². The van der Waals surface area contributed by atoms with Crippen LogP contribution >= 0.6 is 0 Å². The lowest BCUT2D eigenvalue weighted by atomic mass is 9.82. The van der Waals surface area contributed by atoms with Gasteiger partial charge in [0.1, 0.15) is 0 Å². The Hall–Kier alpha value is -0.900. The molecular formula is C11H19N3O. The van der Waals surface area contributed by atoms with Crippen LogP contribution in [0.15, 0.2) is 4.42 Å². The Balaban J connectivity index is 2.15. The molecule has 84 valence electrons. The Morgan fingerprint density at radius 2 is 2.27 bits per heavy atom. The maximum atomic E-state index is 5.64. The van der Waals surface area contributed by atoms with E-state index in [4.69, 9.17) is 10.2 Å². The van der Waals surface area contributed by atoms with E-state index >= 15 is 0 Å². The van der Waals surface area contributed by atoms with Crippen LogP contribution in [0.3, 0.4) is 0 Å². The topological polar surface area (TPSA) is 64.9 Å². The lowest BCUT2D eigenvalue weighted by molar-refractivity contribution is 0.281. The van der Waals surface area contributed by atoms with E-state index < -0.39 is 0 Å². The van der Waals surface area contributed by atoms with Gasteiger partial charge in [-0.3, -0.25) is 0 Å². The zero-order valence-corrected chi connectivity index (χ0v) is 9.49. The Labute approximate surface area is 90.3 Å². The molecule has 0 spiro atoms. The van der Waals surface area contributed by atoms with Gasteiger partial charge < -0.3 is 10.2 Å². The number of hydrogen-bond donors (Lipinski definition) is 1. The van der Waals surface area contributed by atoms with Gasteiger partial charge in [0, 0.05) is 18.9 Å². The highest BCUT2D eigenvalue weighted by molar-refractivity contribution is 5.02. The molecule has 0 aromatic carbocycles. The second-order valence-electron chi connectivity index (χ2n) is 5.01. The second-order valence-corrected chi connectivity index (χ2v) is 5.01. The third kappa shape index (κ3) is 2.04. The van der Waals surface area contributed by atoms with Crippen molar-refractivity contribution in [1.82, 2.24) is 10.2 Å². The Kier molecular flexibility index (Phi) is 2.78. The molecule has 0 bridgehead atoms. The molecule has 1 saturated carbocycles. The molecule has 0 radical (unpaired) electrons. The first-order chi connectivity index (χ1) is 7.13. The molecule has 1 unspecified atom stereocenters. The van der Waals surface area contributed by atoms with E-state index in [1.807, 2.05) is 0 Å². The fraction of sp³-hybridized carbons (Fsp3) is 0.818. The third-order valence-electron chi connectivity index (χ3n) is 3.40. The zero-order valence-electron chi connectivity index (χ0n) is 9.49. The lowest BCUT2D eigenvalue weighted by Crippen LogP contribution is -2.15. The molecule has 1 aromatic heterocycles. The summed E-state index contributed by atoms with van der Waals surface area (Å²) in [5.74, 6) is 1.91. The first-order valence-corrected chi connectivity index (χ1v) is 5.66. The van der Waals surface area contributed by atoms with Gasteiger partial charge >= 0.3 is 0 Å². The molecule has 1 aromatic rings. The maximum absolute atomic E-state index is 5.64. The first-order valence-electron chi connectivity index (χ1n) is 5.66. The van der Waals surface area contributed by atoms with Crippen molar-refractivity contribution < 1.29 is 4.42 Å². The molecule has 1 heterocycles. The second kappa shape index (κ2) is 3.93. The summed E-state index contributed by atoms with van der Waals surface area (Å²) < 4.78 is 5.64. The van der Waals surface area contributed by atoms with Crippen molar-refractivity contribution in [2.75, 3.05) is 6.54 Å². The van der Waals surface area contributed by atoms with E-state index in [1.54, 1.807) is 0 Å². The van der Waals surface area contributed by atoms with Gasteiger partial charge in [-0.05, 0) is 18.3 Å².